The Balaban J connectivity index is 0.000000970. The van der Waals surface area contributed by atoms with E-state index in [1.165, 1.54) is 12.7 Å². The van der Waals surface area contributed by atoms with Gasteiger partial charge in [-0.2, -0.15) is 0 Å². The second-order valence-corrected chi connectivity index (χ2v) is 5.39. The molecule has 2 rings (SSSR count). The fraction of sp³-hybridized carbons (Fsp3) is 0.471. The van der Waals surface area contributed by atoms with Gasteiger partial charge in [0.25, 0.3) is 6.47 Å². The zero-order chi connectivity index (χ0) is 18.7. The minimum atomic E-state index is -0.590. The summed E-state index contributed by atoms with van der Waals surface area (Å²) in [6.07, 6.45) is 10.8. The van der Waals surface area contributed by atoms with Gasteiger partial charge in [-0.3, -0.25) is 4.79 Å². The van der Waals surface area contributed by atoms with E-state index < -0.39 is 11.9 Å². The monoisotopic (exact) mass is 353 g/mol. The maximum atomic E-state index is 11.4. The van der Waals surface area contributed by atoms with Crippen molar-refractivity contribution in [2.45, 2.75) is 38.5 Å². The smallest absolute Gasteiger partial charge is 0.331 e. The molecule has 2 unspecified atom stereocenters. The number of hydrogen-bond acceptors (Lipinski definition) is 7. The standard InChI is InChI=1S/C16H21NO5.CH2O2/c1-12-4-3-9-17(10-12)14-6-5-13(22-14)11-21-16(19)8-7-15(18)20-2;2-1-3/h3,7-10,13-14H,4-6,11H2,1-2H3;1H,(H,2,3)/b8-7+;. The zero-order valence-electron chi connectivity index (χ0n) is 14.3. The lowest BCUT2D eigenvalue weighted by Gasteiger charge is -2.26. The first kappa shape index (κ1) is 20.4. The van der Waals surface area contributed by atoms with Gasteiger partial charge in [-0.25, -0.2) is 9.59 Å². The molecule has 2 aliphatic heterocycles. The Morgan fingerprint density at radius 3 is 2.68 bits per heavy atom. The van der Waals surface area contributed by atoms with Gasteiger partial charge in [-0.15, -0.1) is 0 Å². The highest BCUT2D eigenvalue weighted by Gasteiger charge is 2.29. The van der Waals surface area contributed by atoms with Gasteiger partial charge in [0, 0.05) is 24.6 Å². The predicted octanol–water partition coefficient (Wildman–Crippen LogP) is 1.59. The van der Waals surface area contributed by atoms with Crippen LogP contribution in [0.4, 0.5) is 0 Å². The fourth-order valence-electron chi connectivity index (χ4n) is 2.35. The first-order valence-corrected chi connectivity index (χ1v) is 7.77. The minimum absolute atomic E-state index is 0.0131. The van der Waals surface area contributed by atoms with Gasteiger partial charge in [-0.1, -0.05) is 11.6 Å². The van der Waals surface area contributed by atoms with E-state index >= 15 is 0 Å². The van der Waals surface area contributed by atoms with Crippen LogP contribution in [-0.2, 0) is 28.6 Å². The average molecular weight is 353 g/mol. The summed E-state index contributed by atoms with van der Waals surface area (Å²) >= 11 is 0. The number of carbonyl (C=O) groups is 3. The van der Waals surface area contributed by atoms with Crippen LogP contribution in [0.3, 0.4) is 0 Å². The quantitative estimate of drug-likeness (QED) is 0.452. The molecule has 0 aromatic heterocycles. The molecular formula is C17H23NO7. The van der Waals surface area contributed by atoms with Gasteiger partial charge >= 0.3 is 11.9 Å². The van der Waals surface area contributed by atoms with Crippen molar-refractivity contribution < 1.29 is 33.7 Å². The molecule has 1 saturated heterocycles. The van der Waals surface area contributed by atoms with Crippen LogP contribution in [0.25, 0.3) is 0 Å². The van der Waals surface area contributed by atoms with Crippen LogP contribution in [-0.4, -0.2) is 54.5 Å². The third-order valence-corrected chi connectivity index (χ3v) is 3.47. The van der Waals surface area contributed by atoms with Crippen molar-refractivity contribution in [2.75, 3.05) is 13.7 Å². The molecule has 0 aromatic carbocycles. The third-order valence-electron chi connectivity index (χ3n) is 3.47. The number of rotatable bonds is 5. The van der Waals surface area contributed by atoms with Gasteiger partial charge in [0.15, 0.2) is 0 Å². The molecule has 0 saturated carbocycles. The Morgan fingerprint density at radius 1 is 1.36 bits per heavy atom. The molecule has 25 heavy (non-hydrogen) atoms. The Kier molecular flexibility index (Phi) is 9.02. The van der Waals surface area contributed by atoms with Crippen molar-refractivity contribution in [3.05, 3.63) is 36.2 Å². The van der Waals surface area contributed by atoms with Crippen molar-refractivity contribution in [1.29, 1.82) is 0 Å². The maximum absolute atomic E-state index is 11.4. The summed E-state index contributed by atoms with van der Waals surface area (Å²) in [5.74, 6) is -1.17. The molecule has 8 nitrogen and oxygen atoms in total. The highest BCUT2D eigenvalue weighted by Crippen LogP contribution is 2.26. The number of carbonyl (C=O) groups excluding carboxylic acids is 2. The van der Waals surface area contributed by atoms with Crippen molar-refractivity contribution in [3.63, 3.8) is 0 Å². The normalized spacial score (nSPS) is 22.0. The number of methoxy groups -OCH3 is 1. The summed E-state index contributed by atoms with van der Waals surface area (Å²) in [5, 5.41) is 6.89. The van der Waals surface area contributed by atoms with Gasteiger partial charge in [0.05, 0.1) is 13.2 Å². The highest BCUT2D eigenvalue weighted by molar-refractivity contribution is 5.91. The second kappa shape index (κ2) is 11.0. The van der Waals surface area contributed by atoms with Gasteiger partial charge in [0.2, 0.25) is 0 Å². The van der Waals surface area contributed by atoms with Gasteiger partial charge < -0.3 is 24.2 Å². The Hall–Kier alpha value is -2.61. The van der Waals surface area contributed by atoms with Crippen LogP contribution in [0.15, 0.2) is 36.2 Å². The number of allylic oxidation sites excluding steroid dienone is 2. The topological polar surface area (TPSA) is 102 Å². The number of nitrogens with zero attached hydrogens (tertiary/aromatic N) is 1. The molecule has 0 bridgehead atoms. The van der Waals surface area contributed by atoms with E-state index in [9.17, 15) is 9.59 Å². The van der Waals surface area contributed by atoms with Crippen molar-refractivity contribution in [1.82, 2.24) is 4.90 Å². The van der Waals surface area contributed by atoms with Crippen molar-refractivity contribution in [3.8, 4) is 0 Å². The van der Waals surface area contributed by atoms with Gasteiger partial charge in [0.1, 0.15) is 12.8 Å². The molecule has 138 valence electrons. The summed E-state index contributed by atoms with van der Waals surface area (Å²) < 4.78 is 15.3. The minimum Gasteiger partial charge on any atom is -0.483 e. The van der Waals surface area contributed by atoms with Crippen LogP contribution in [0.1, 0.15) is 26.2 Å². The third kappa shape index (κ3) is 7.67. The molecule has 0 amide bonds. The predicted molar refractivity (Wildman–Crippen MR) is 88.1 cm³/mol. The maximum Gasteiger partial charge on any atom is 0.331 e. The number of esters is 2. The van der Waals surface area contributed by atoms with E-state index in [0.717, 1.165) is 31.4 Å². The molecule has 2 atom stereocenters. The van der Waals surface area contributed by atoms with E-state index in [1.54, 1.807) is 0 Å². The summed E-state index contributed by atoms with van der Waals surface area (Å²) in [6.45, 7) is 2.01. The van der Waals surface area contributed by atoms with E-state index in [1.807, 2.05) is 6.20 Å². The lowest BCUT2D eigenvalue weighted by Crippen LogP contribution is -2.29. The Morgan fingerprint density at radius 2 is 2.04 bits per heavy atom. The zero-order valence-corrected chi connectivity index (χ0v) is 14.3. The van der Waals surface area contributed by atoms with Gasteiger partial charge in [-0.05, 0) is 26.2 Å². The Labute approximate surface area is 146 Å². The van der Waals surface area contributed by atoms with Crippen LogP contribution in [0.5, 0.6) is 0 Å². The van der Waals surface area contributed by atoms with E-state index in [4.69, 9.17) is 19.4 Å². The average Bonchev–Trinajstić information content (AvgIpc) is 3.07. The van der Waals surface area contributed by atoms with Crippen molar-refractivity contribution in [2.24, 2.45) is 0 Å². The van der Waals surface area contributed by atoms with Crippen LogP contribution >= 0.6 is 0 Å². The summed E-state index contributed by atoms with van der Waals surface area (Å²) in [6, 6.07) is 0. The summed E-state index contributed by atoms with van der Waals surface area (Å²) in [5.41, 5.74) is 1.29. The lowest BCUT2D eigenvalue weighted by molar-refractivity contribution is -0.143. The largest absolute Gasteiger partial charge is 0.483 e. The lowest BCUT2D eigenvalue weighted by atomic mass is 10.2. The van der Waals surface area contributed by atoms with E-state index in [2.05, 4.69) is 28.8 Å². The molecular weight excluding hydrogens is 330 g/mol. The molecule has 1 N–H and O–H groups in total. The first-order valence-electron chi connectivity index (χ1n) is 7.77. The van der Waals surface area contributed by atoms with Crippen LogP contribution in [0, 0.1) is 0 Å². The fourth-order valence-corrected chi connectivity index (χ4v) is 2.35. The summed E-state index contributed by atoms with van der Waals surface area (Å²) in [7, 11) is 1.25. The second-order valence-electron chi connectivity index (χ2n) is 5.39. The number of carboxylic acid groups (broad SMARTS) is 1. The molecule has 0 aliphatic carbocycles. The molecule has 2 aliphatic rings. The Bertz CT molecular complexity index is 553. The molecule has 8 heteroatoms. The number of ether oxygens (including phenoxy) is 3. The number of hydrogen-bond donors (Lipinski definition) is 1. The van der Waals surface area contributed by atoms with Crippen LogP contribution in [0.2, 0.25) is 0 Å². The molecule has 0 spiro atoms. The van der Waals surface area contributed by atoms with E-state index in [-0.39, 0.29) is 25.4 Å². The van der Waals surface area contributed by atoms with Crippen molar-refractivity contribution >= 4 is 18.4 Å². The highest BCUT2D eigenvalue weighted by atomic mass is 16.6. The van der Waals surface area contributed by atoms with Crippen LogP contribution < -0.4 is 0 Å². The summed E-state index contributed by atoms with van der Waals surface area (Å²) in [4.78, 5) is 32.7. The molecule has 0 aromatic rings. The first-order chi connectivity index (χ1) is 12.0. The SMILES string of the molecule is COC(=O)/C=C/C(=O)OCC1CCC(N2C=CCC(C)=C2)O1.O=CO. The molecule has 1 fully saturated rings. The molecule has 0 radical (unpaired) electrons. The molecule has 2 heterocycles. The van der Waals surface area contributed by atoms with E-state index in [0.29, 0.717) is 0 Å².